The van der Waals surface area contributed by atoms with Crippen LogP contribution in [0.25, 0.3) is 0 Å². The normalized spacial score (nSPS) is 11.2. The Morgan fingerprint density at radius 2 is 1.68 bits per heavy atom. The molecule has 0 radical (unpaired) electrons. The molecule has 8 heteroatoms. The lowest BCUT2D eigenvalue weighted by atomic mass is 10.3. The van der Waals surface area contributed by atoms with Gasteiger partial charge in [-0.3, -0.25) is 0 Å². The maximum atomic E-state index is 13.5. The van der Waals surface area contributed by atoms with Crippen LogP contribution in [0.3, 0.4) is 0 Å². The number of nitrogens with one attached hydrogen (secondary N) is 2. The molecule has 0 unspecified atom stereocenters. The number of hydrogen-bond acceptors (Lipinski definition) is 4. The summed E-state index contributed by atoms with van der Waals surface area (Å²) in [4.78, 5) is 0.0550. The van der Waals surface area contributed by atoms with Gasteiger partial charge in [0.25, 0.3) is 0 Å². The summed E-state index contributed by atoms with van der Waals surface area (Å²) in [5.74, 6) is -0.412. The lowest BCUT2D eigenvalue weighted by Crippen LogP contribution is -2.15. The van der Waals surface area contributed by atoms with Crippen molar-refractivity contribution in [1.29, 1.82) is 0 Å². The first-order chi connectivity index (χ1) is 10.4. The Morgan fingerprint density at radius 1 is 1.05 bits per heavy atom. The number of rotatable bonds is 6. The first kappa shape index (κ1) is 16.5. The van der Waals surface area contributed by atoms with Gasteiger partial charge in [-0.15, -0.1) is 0 Å². The maximum Gasteiger partial charge on any atom is 0.238 e. The van der Waals surface area contributed by atoms with E-state index >= 15 is 0 Å². The van der Waals surface area contributed by atoms with Crippen LogP contribution in [0, 0.1) is 5.82 Å². The van der Waals surface area contributed by atoms with Gasteiger partial charge < -0.3 is 10.6 Å². The Hall–Kier alpha value is -1.83. The third-order valence-electron chi connectivity index (χ3n) is 2.88. The number of halogens is 2. The first-order valence-electron chi connectivity index (χ1n) is 6.42. The third kappa shape index (κ3) is 4.59. The molecule has 0 amide bonds. The van der Waals surface area contributed by atoms with Crippen molar-refractivity contribution in [2.45, 2.75) is 4.90 Å². The van der Waals surface area contributed by atoms with Gasteiger partial charge in [-0.2, -0.15) is 0 Å². The minimum Gasteiger partial charge on any atom is -0.383 e. The van der Waals surface area contributed by atoms with E-state index in [2.05, 4.69) is 10.6 Å². The Kier molecular flexibility index (Phi) is 5.23. The zero-order chi connectivity index (χ0) is 16.2. The van der Waals surface area contributed by atoms with Gasteiger partial charge in [-0.25, -0.2) is 17.9 Å². The van der Waals surface area contributed by atoms with Crippen molar-refractivity contribution in [3.8, 4) is 0 Å². The molecule has 118 valence electrons. The number of hydrogen-bond donors (Lipinski definition) is 3. The number of primary sulfonamides is 1. The Balaban J connectivity index is 1.84. The summed E-state index contributed by atoms with van der Waals surface area (Å²) in [6.07, 6.45) is 0. The molecule has 0 fully saturated rings. The zero-order valence-electron chi connectivity index (χ0n) is 11.5. The van der Waals surface area contributed by atoms with Gasteiger partial charge in [0.05, 0.1) is 10.6 Å². The number of sulfonamides is 1. The standard InChI is InChI=1S/C14H15ClFN3O2S/c15-10-1-6-14(13(16)9-10)19-8-7-18-11-2-4-12(5-3-11)22(17,20)21/h1-6,9,18-19H,7-8H2,(H2,17,20,21). The molecule has 2 aromatic rings. The largest absolute Gasteiger partial charge is 0.383 e. The van der Waals surface area contributed by atoms with Crippen molar-refractivity contribution in [2.75, 3.05) is 23.7 Å². The van der Waals surface area contributed by atoms with E-state index in [1.54, 1.807) is 24.3 Å². The van der Waals surface area contributed by atoms with Crippen LogP contribution in [-0.4, -0.2) is 21.5 Å². The lowest BCUT2D eigenvalue weighted by Gasteiger charge is -2.10. The molecular weight excluding hydrogens is 329 g/mol. The monoisotopic (exact) mass is 343 g/mol. The van der Waals surface area contributed by atoms with Crippen LogP contribution in [0.4, 0.5) is 15.8 Å². The Bertz CT molecular complexity index is 751. The van der Waals surface area contributed by atoms with E-state index in [1.807, 2.05) is 0 Å². The molecule has 0 aliphatic rings. The number of anilines is 2. The van der Waals surface area contributed by atoms with Crippen molar-refractivity contribution in [2.24, 2.45) is 5.14 Å². The molecule has 4 N–H and O–H groups in total. The van der Waals surface area contributed by atoms with Crippen LogP contribution in [0.2, 0.25) is 5.02 Å². The fraction of sp³-hybridized carbons (Fsp3) is 0.143. The van der Waals surface area contributed by atoms with E-state index in [1.165, 1.54) is 18.2 Å². The average molecular weight is 344 g/mol. The average Bonchev–Trinajstić information content (AvgIpc) is 2.45. The second-order valence-electron chi connectivity index (χ2n) is 4.55. The van der Waals surface area contributed by atoms with Crippen LogP contribution >= 0.6 is 11.6 Å². The second-order valence-corrected chi connectivity index (χ2v) is 6.54. The third-order valence-corrected chi connectivity index (χ3v) is 4.05. The minimum absolute atomic E-state index is 0.0550. The zero-order valence-corrected chi connectivity index (χ0v) is 13.1. The maximum absolute atomic E-state index is 13.5. The molecule has 0 bridgehead atoms. The van der Waals surface area contributed by atoms with Crippen LogP contribution in [-0.2, 0) is 10.0 Å². The van der Waals surface area contributed by atoms with E-state index in [4.69, 9.17) is 16.7 Å². The summed E-state index contributed by atoms with van der Waals surface area (Å²) in [5, 5.41) is 11.4. The highest BCUT2D eigenvalue weighted by Crippen LogP contribution is 2.18. The predicted molar refractivity (Wildman–Crippen MR) is 86.2 cm³/mol. The van der Waals surface area contributed by atoms with E-state index < -0.39 is 15.8 Å². The lowest BCUT2D eigenvalue weighted by molar-refractivity contribution is 0.598. The minimum atomic E-state index is -3.68. The van der Waals surface area contributed by atoms with Crippen molar-refractivity contribution in [3.63, 3.8) is 0 Å². The number of benzene rings is 2. The van der Waals surface area contributed by atoms with Crippen LogP contribution in [0.1, 0.15) is 0 Å². The molecule has 2 rings (SSSR count). The molecule has 5 nitrogen and oxygen atoms in total. The summed E-state index contributed by atoms with van der Waals surface area (Å²) in [7, 11) is -3.68. The molecule has 0 heterocycles. The Morgan fingerprint density at radius 3 is 2.27 bits per heavy atom. The fourth-order valence-corrected chi connectivity index (χ4v) is 2.47. The SMILES string of the molecule is NS(=O)(=O)c1ccc(NCCNc2ccc(Cl)cc2F)cc1. The van der Waals surface area contributed by atoms with Crippen molar-refractivity contribution in [3.05, 3.63) is 53.3 Å². The van der Waals surface area contributed by atoms with Crippen molar-refractivity contribution >= 4 is 33.0 Å². The summed E-state index contributed by atoms with van der Waals surface area (Å²) in [6, 6.07) is 10.5. The molecule has 0 aliphatic carbocycles. The molecule has 0 spiro atoms. The van der Waals surface area contributed by atoms with E-state index in [-0.39, 0.29) is 4.90 Å². The Labute approximate surface area is 133 Å². The molecule has 0 aromatic heterocycles. The second kappa shape index (κ2) is 6.95. The highest BCUT2D eigenvalue weighted by atomic mass is 35.5. The predicted octanol–water partition coefficient (Wildman–Crippen LogP) is 2.65. The van der Waals surface area contributed by atoms with Crippen LogP contribution < -0.4 is 15.8 Å². The fourth-order valence-electron chi connectivity index (χ4n) is 1.80. The molecule has 0 saturated carbocycles. The van der Waals surface area contributed by atoms with E-state index in [0.717, 1.165) is 5.69 Å². The molecule has 2 aromatic carbocycles. The summed E-state index contributed by atoms with van der Waals surface area (Å²) in [6.45, 7) is 1.01. The highest BCUT2D eigenvalue weighted by molar-refractivity contribution is 7.89. The quantitative estimate of drug-likeness (QED) is 0.704. The molecule has 0 atom stereocenters. The summed E-state index contributed by atoms with van der Waals surface area (Å²) < 4.78 is 35.8. The van der Waals surface area contributed by atoms with Gasteiger partial charge in [0.15, 0.2) is 0 Å². The van der Waals surface area contributed by atoms with Gasteiger partial charge in [-0.1, -0.05) is 11.6 Å². The highest BCUT2D eigenvalue weighted by Gasteiger charge is 2.06. The van der Waals surface area contributed by atoms with Crippen LogP contribution in [0.15, 0.2) is 47.4 Å². The molecule has 0 saturated heterocycles. The molecular formula is C14H15ClFN3O2S. The molecule has 22 heavy (non-hydrogen) atoms. The summed E-state index contributed by atoms with van der Waals surface area (Å²) >= 11 is 5.67. The summed E-state index contributed by atoms with van der Waals surface area (Å²) in [5.41, 5.74) is 1.11. The molecule has 0 aliphatic heterocycles. The van der Waals surface area contributed by atoms with Crippen LogP contribution in [0.5, 0.6) is 0 Å². The topological polar surface area (TPSA) is 84.2 Å². The van der Waals surface area contributed by atoms with E-state index in [9.17, 15) is 12.8 Å². The first-order valence-corrected chi connectivity index (χ1v) is 8.34. The van der Waals surface area contributed by atoms with Gasteiger partial charge >= 0.3 is 0 Å². The van der Waals surface area contributed by atoms with Gasteiger partial charge in [0.2, 0.25) is 10.0 Å². The van der Waals surface area contributed by atoms with Gasteiger partial charge in [0, 0.05) is 23.8 Å². The van der Waals surface area contributed by atoms with Crippen molar-refractivity contribution < 1.29 is 12.8 Å². The van der Waals surface area contributed by atoms with Crippen molar-refractivity contribution in [1.82, 2.24) is 0 Å². The number of nitrogens with two attached hydrogens (primary N) is 1. The smallest absolute Gasteiger partial charge is 0.238 e. The van der Waals surface area contributed by atoms with Gasteiger partial charge in [-0.05, 0) is 42.5 Å². The van der Waals surface area contributed by atoms with E-state index in [0.29, 0.717) is 23.8 Å². The van der Waals surface area contributed by atoms with Gasteiger partial charge in [0.1, 0.15) is 5.82 Å².